The number of hydrogen-bond acceptors (Lipinski definition) is 4. The van der Waals surface area contributed by atoms with Gasteiger partial charge in [0.2, 0.25) is 5.91 Å². The summed E-state index contributed by atoms with van der Waals surface area (Å²) in [5, 5.41) is 9.82. The van der Waals surface area contributed by atoms with Crippen molar-refractivity contribution in [2.45, 2.75) is 6.54 Å². The molecule has 7 nitrogen and oxygen atoms in total. The molecule has 0 saturated carbocycles. The number of ether oxygens (including phenoxy) is 1. The van der Waals surface area contributed by atoms with Crippen LogP contribution >= 0.6 is 0 Å². The second kappa shape index (κ2) is 7.43. The highest BCUT2D eigenvalue weighted by Crippen LogP contribution is 2.37. The molecule has 0 unspecified atom stereocenters. The van der Waals surface area contributed by atoms with Gasteiger partial charge < -0.3 is 20.1 Å². The van der Waals surface area contributed by atoms with Crippen LogP contribution in [-0.4, -0.2) is 33.1 Å². The van der Waals surface area contributed by atoms with Crippen LogP contribution < -0.4 is 10.5 Å². The predicted octanol–water partition coefficient (Wildman–Crippen LogP) is 3.08. The Morgan fingerprint density at radius 2 is 1.90 bits per heavy atom. The standard InChI is InChI=1S/C21H15F2N3O4/c22-12-5-4-11(14(23)6-12)9-26-15-3-1-2-13(21(24)29)19(15)20-16(26)7-25-8-17(20)30-10-18(27)28/h1-8H,9-10H2,(H2,24,29)(H,27,28). The zero-order valence-electron chi connectivity index (χ0n) is 15.4. The lowest BCUT2D eigenvalue weighted by atomic mass is 10.1. The van der Waals surface area contributed by atoms with Gasteiger partial charge in [-0.2, -0.15) is 0 Å². The molecule has 0 aliphatic heterocycles. The number of primary amides is 1. The van der Waals surface area contributed by atoms with Crippen LogP contribution in [0.4, 0.5) is 8.78 Å². The number of carbonyl (C=O) groups excluding carboxylic acids is 1. The maximum atomic E-state index is 14.3. The molecule has 9 heteroatoms. The number of aromatic nitrogens is 2. The van der Waals surface area contributed by atoms with Gasteiger partial charge in [-0.3, -0.25) is 9.78 Å². The Balaban J connectivity index is 2.02. The van der Waals surface area contributed by atoms with Crippen LogP contribution in [0.2, 0.25) is 0 Å². The molecule has 0 atom stereocenters. The third-order valence-electron chi connectivity index (χ3n) is 4.73. The SMILES string of the molecule is NC(=O)c1cccc2c1c1c(OCC(=O)O)cncc1n2Cc1ccc(F)cc1F. The minimum Gasteiger partial charge on any atom is -0.480 e. The number of nitrogens with zero attached hydrogens (tertiary/aromatic N) is 2. The molecule has 152 valence electrons. The molecule has 4 rings (SSSR count). The van der Waals surface area contributed by atoms with Crippen molar-refractivity contribution in [3.63, 3.8) is 0 Å². The topological polar surface area (TPSA) is 107 Å². The molecule has 0 spiro atoms. The third kappa shape index (κ3) is 3.30. The number of hydrogen-bond donors (Lipinski definition) is 2. The minimum atomic E-state index is -1.18. The molecular weight excluding hydrogens is 396 g/mol. The van der Waals surface area contributed by atoms with E-state index < -0.39 is 30.1 Å². The molecule has 0 bridgehead atoms. The van der Waals surface area contributed by atoms with Gasteiger partial charge in [0.05, 0.1) is 35.4 Å². The molecule has 2 heterocycles. The first kappa shape index (κ1) is 19.3. The Morgan fingerprint density at radius 1 is 1.10 bits per heavy atom. The van der Waals surface area contributed by atoms with E-state index in [1.54, 1.807) is 16.7 Å². The van der Waals surface area contributed by atoms with Crippen molar-refractivity contribution in [1.82, 2.24) is 9.55 Å². The average Bonchev–Trinajstić information content (AvgIpc) is 3.02. The highest BCUT2D eigenvalue weighted by Gasteiger charge is 2.21. The minimum absolute atomic E-state index is 0.0123. The van der Waals surface area contributed by atoms with E-state index in [0.29, 0.717) is 21.8 Å². The normalized spacial score (nSPS) is 11.1. The van der Waals surface area contributed by atoms with Crippen LogP contribution in [0, 0.1) is 11.6 Å². The number of rotatable bonds is 6. The second-order valence-corrected chi connectivity index (χ2v) is 6.60. The summed E-state index contributed by atoms with van der Waals surface area (Å²) in [7, 11) is 0. The first-order chi connectivity index (χ1) is 14.4. The molecule has 2 aromatic heterocycles. The van der Waals surface area contributed by atoms with E-state index in [9.17, 15) is 18.4 Å². The first-order valence-corrected chi connectivity index (χ1v) is 8.84. The van der Waals surface area contributed by atoms with Crippen molar-refractivity contribution < 1.29 is 28.2 Å². The van der Waals surface area contributed by atoms with Crippen molar-refractivity contribution >= 4 is 33.7 Å². The highest BCUT2D eigenvalue weighted by molar-refractivity contribution is 6.19. The largest absolute Gasteiger partial charge is 0.480 e. The van der Waals surface area contributed by atoms with Gasteiger partial charge in [-0.25, -0.2) is 13.6 Å². The fourth-order valence-corrected chi connectivity index (χ4v) is 3.49. The quantitative estimate of drug-likeness (QED) is 0.507. The van der Waals surface area contributed by atoms with Crippen LogP contribution in [0.25, 0.3) is 21.8 Å². The summed E-state index contributed by atoms with van der Waals surface area (Å²) in [6.45, 7) is -0.600. The molecule has 30 heavy (non-hydrogen) atoms. The number of carboxylic acids is 1. The van der Waals surface area contributed by atoms with Gasteiger partial charge in [0.25, 0.3) is 0 Å². The van der Waals surface area contributed by atoms with Gasteiger partial charge in [-0.15, -0.1) is 0 Å². The summed E-state index contributed by atoms with van der Waals surface area (Å²) in [5.41, 5.74) is 6.98. The van der Waals surface area contributed by atoms with Crippen molar-refractivity contribution in [3.8, 4) is 5.75 Å². The maximum Gasteiger partial charge on any atom is 0.341 e. The molecule has 0 fully saturated rings. The van der Waals surface area contributed by atoms with Crippen LogP contribution in [0.5, 0.6) is 5.75 Å². The number of benzene rings is 2. The van der Waals surface area contributed by atoms with Crippen molar-refractivity contribution in [3.05, 3.63) is 71.6 Å². The molecule has 0 aliphatic rings. The van der Waals surface area contributed by atoms with Gasteiger partial charge in [-0.1, -0.05) is 12.1 Å². The number of nitrogens with two attached hydrogens (primary N) is 1. The molecular formula is C21H15F2N3O4. The maximum absolute atomic E-state index is 14.3. The van der Waals surface area contributed by atoms with E-state index in [0.717, 1.165) is 12.1 Å². The third-order valence-corrected chi connectivity index (χ3v) is 4.73. The number of pyridine rings is 1. The monoisotopic (exact) mass is 411 g/mol. The molecule has 0 aliphatic carbocycles. The molecule has 4 aromatic rings. The molecule has 2 aromatic carbocycles. The van der Waals surface area contributed by atoms with Gasteiger partial charge in [0.1, 0.15) is 17.4 Å². The van der Waals surface area contributed by atoms with E-state index in [4.69, 9.17) is 15.6 Å². The smallest absolute Gasteiger partial charge is 0.341 e. The van der Waals surface area contributed by atoms with Gasteiger partial charge in [-0.05, 0) is 18.2 Å². The lowest BCUT2D eigenvalue weighted by molar-refractivity contribution is -0.139. The average molecular weight is 411 g/mol. The van der Waals surface area contributed by atoms with Crippen molar-refractivity contribution in [2.75, 3.05) is 6.61 Å². The van der Waals surface area contributed by atoms with Crippen LogP contribution in [0.15, 0.2) is 48.8 Å². The lowest BCUT2D eigenvalue weighted by Gasteiger charge is -2.09. The fraction of sp³-hybridized carbons (Fsp3) is 0.0952. The van der Waals surface area contributed by atoms with Crippen LogP contribution in [0.3, 0.4) is 0 Å². The summed E-state index contributed by atoms with van der Waals surface area (Å²) in [6, 6.07) is 8.15. The Bertz CT molecular complexity index is 1320. The molecule has 3 N–H and O–H groups in total. The van der Waals surface area contributed by atoms with E-state index in [1.165, 1.54) is 24.5 Å². The van der Waals surface area contributed by atoms with E-state index in [1.807, 2.05) is 0 Å². The van der Waals surface area contributed by atoms with Gasteiger partial charge in [0.15, 0.2) is 6.61 Å². The number of fused-ring (bicyclic) bond motifs is 3. The van der Waals surface area contributed by atoms with Crippen molar-refractivity contribution in [2.24, 2.45) is 5.73 Å². The number of halogens is 2. The fourth-order valence-electron chi connectivity index (χ4n) is 3.49. The lowest BCUT2D eigenvalue weighted by Crippen LogP contribution is -2.11. The number of carbonyl (C=O) groups is 2. The number of amides is 1. The van der Waals surface area contributed by atoms with E-state index in [-0.39, 0.29) is 23.4 Å². The Labute approximate surface area is 168 Å². The zero-order chi connectivity index (χ0) is 21.4. The highest BCUT2D eigenvalue weighted by atomic mass is 19.1. The Morgan fingerprint density at radius 3 is 2.60 bits per heavy atom. The van der Waals surface area contributed by atoms with E-state index in [2.05, 4.69) is 4.98 Å². The zero-order valence-corrected chi connectivity index (χ0v) is 15.4. The Kier molecular flexibility index (Phi) is 4.78. The van der Waals surface area contributed by atoms with Gasteiger partial charge >= 0.3 is 5.97 Å². The molecule has 0 saturated heterocycles. The van der Waals surface area contributed by atoms with Crippen molar-refractivity contribution in [1.29, 1.82) is 0 Å². The Hall–Kier alpha value is -4.01. The first-order valence-electron chi connectivity index (χ1n) is 8.84. The summed E-state index contributed by atoms with van der Waals surface area (Å²) < 4.78 is 34.7. The second-order valence-electron chi connectivity index (χ2n) is 6.60. The summed E-state index contributed by atoms with van der Waals surface area (Å²) in [5.74, 6) is -3.14. The number of carboxylic acid groups (broad SMARTS) is 1. The van der Waals surface area contributed by atoms with E-state index >= 15 is 0 Å². The van der Waals surface area contributed by atoms with Gasteiger partial charge in [0, 0.05) is 22.6 Å². The predicted molar refractivity (Wildman–Crippen MR) is 104 cm³/mol. The molecule has 1 amide bonds. The van der Waals surface area contributed by atoms with Crippen LogP contribution in [-0.2, 0) is 11.3 Å². The van der Waals surface area contributed by atoms with Crippen LogP contribution in [0.1, 0.15) is 15.9 Å². The summed E-state index contributed by atoms with van der Waals surface area (Å²) >= 11 is 0. The summed E-state index contributed by atoms with van der Waals surface area (Å²) in [4.78, 5) is 27.1. The number of aliphatic carboxylic acids is 1. The molecule has 0 radical (unpaired) electrons. The summed E-state index contributed by atoms with van der Waals surface area (Å²) in [6.07, 6.45) is 2.83.